The van der Waals surface area contributed by atoms with Crippen LogP contribution in [0.25, 0.3) is 0 Å². The Bertz CT molecular complexity index is 307. The predicted molar refractivity (Wildman–Crippen MR) is 68.2 cm³/mol. The zero-order valence-electron chi connectivity index (χ0n) is 10.7. The van der Waals surface area contributed by atoms with Crippen LogP contribution in [0.15, 0.2) is 0 Å². The van der Waals surface area contributed by atoms with Gasteiger partial charge in [-0.3, -0.25) is 0 Å². The third-order valence-corrected chi connectivity index (χ3v) is 5.00. The highest BCUT2D eigenvalue weighted by Crippen LogP contribution is 2.49. The van der Waals surface area contributed by atoms with E-state index in [0.717, 1.165) is 25.3 Å². The van der Waals surface area contributed by atoms with Crippen LogP contribution >= 0.6 is 11.8 Å². The van der Waals surface area contributed by atoms with Crippen LogP contribution in [-0.4, -0.2) is 51.9 Å². The van der Waals surface area contributed by atoms with Crippen molar-refractivity contribution in [3.63, 3.8) is 0 Å². The van der Waals surface area contributed by atoms with E-state index in [1.807, 2.05) is 32.5 Å². The Morgan fingerprint density at radius 3 is 2.71 bits per heavy atom. The van der Waals surface area contributed by atoms with Gasteiger partial charge in [0, 0.05) is 25.6 Å². The second-order valence-electron chi connectivity index (χ2n) is 5.92. The van der Waals surface area contributed by atoms with Crippen LogP contribution in [-0.2, 0) is 4.74 Å². The number of hydrogen-bond donors (Lipinski definition) is 1. The van der Waals surface area contributed by atoms with E-state index < -0.39 is 5.60 Å². The van der Waals surface area contributed by atoms with Crippen LogP contribution in [0.2, 0.25) is 0 Å². The van der Waals surface area contributed by atoms with E-state index in [9.17, 15) is 9.90 Å². The van der Waals surface area contributed by atoms with Gasteiger partial charge in [-0.25, -0.2) is 4.79 Å². The summed E-state index contributed by atoms with van der Waals surface area (Å²) >= 11 is 1.89. The van der Waals surface area contributed by atoms with Crippen molar-refractivity contribution in [1.29, 1.82) is 0 Å². The highest BCUT2D eigenvalue weighted by atomic mass is 32.2. The summed E-state index contributed by atoms with van der Waals surface area (Å²) in [7, 11) is 0. The standard InChI is InChI=1S/C12H21NO3S/c1-11(2,3)16-10(15)13-7-12(8-13)9(6-14)4-5-17-12/h9,14H,4-8H2,1-3H3/t9-/m1/s1. The van der Waals surface area contributed by atoms with E-state index in [4.69, 9.17) is 4.74 Å². The summed E-state index contributed by atoms with van der Waals surface area (Å²) in [6, 6.07) is 0. The van der Waals surface area contributed by atoms with E-state index in [0.29, 0.717) is 5.92 Å². The van der Waals surface area contributed by atoms with Gasteiger partial charge in [-0.2, -0.15) is 11.8 Å². The van der Waals surface area contributed by atoms with Gasteiger partial charge in [0.2, 0.25) is 0 Å². The fourth-order valence-corrected chi connectivity index (χ4v) is 4.18. The van der Waals surface area contributed by atoms with Gasteiger partial charge in [-0.05, 0) is 32.9 Å². The van der Waals surface area contributed by atoms with Crippen LogP contribution < -0.4 is 0 Å². The van der Waals surface area contributed by atoms with Crippen molar-refractivity contribution in [2.75, 3.05) is 25.4 Å². The van der Waals surface area contributed by atoms with Crippen molar-refractivity contribution < 1.29 is 14.6 Å². The van der Waals surface area contributed by atoms with Crippen molar-refractivity contribution >= 4 is 17.9 Å². The van der Waals surface area contributed by atoms with E-state index in [2.05, 4.69) is 0 Å². The summed E-state index contributed by atoms with van der Waals surface area (Å²) in [5.74, 6) is 1.43. The molecule has 2 heterocycles. The van der Waals surface area contributed by atoms with Gasteiger partial charge in [0.1, 0.15) is 5.60 Å². The smallest absolute Gasteiger partial charge is 0.410 e. The third-order valence-electron chi connectivity index (χ3n) is 3.39. The molecular formula is C12H21NO3S. The molecule has 0 aromatic rings. The molecule has 0 aromatic carbocycles. The van der Waals surface area contributed by atoms with Crippen LogP contribution in [0.1, 0.15) is 27.2 Å². The molecule has 1 N–H and O–H groups in total. The molecule has 1 spiro atoms. The van der Waals surface area contributed by atoms with Gasteiger partial charge in [0.15, 0.2) is 0 Å². The first-order chi connectivity index (χ1) is 7.86. The minimum atomic E-state index is -0.432. The van der Waals surface area contributed by atoms with E-state index >= 15 is 0 Å². The molecule has 5 heteroatoms. The summed E-state index contributed by atoms with van der Waals surface area (Å²) in [6.07, 6.45) is 0.830. The lowest BCUT2D eigenvalue weighted by molar-refractivity contribution is -0.00555. The second-order valence-corrected chi connectivity index (χ2v) is 7.43. The summed E-state index contributed by atoms with van der Waals surface area (Å²) in [6.45, 7) is 7.30. The molecule has 0 unspecified atom stereocenters. The molecular weight excluding hydrogens is 238 g/mol. The van der Waals surface area contributed by atoms with E-state index in [1.54, 1.807) is 4.90 Å². The molecule has 2 fully saturated rings. The number of hydrogen-bond acceptors (Lipinski definition) is 4. The molecule has 1 amide bonds. The third kappa shape index (κ3) is 2.55. The quantitative estimate of drug-likeness (QED) is 0.779. The zero-order valence-corrected chi connectivity index (χ0v) is 11.5. The monoisotopic (exact) mass is 259 g/mol. The highest BCUT2D eigenvalue weighted by Gasteiger charge is 2.54. The van der Waals surface area contributed by atoms with Gasteiger partial charge >= 0.3 is 6.09 Å². The molecule has 0 radical (unpaired) electrons. The van der Waals surface area contributed by atoms with Crippen molar-refractivity contribution in [2.45, 2.75) is 37.5 Å². The molecule has 0 aliphatic carbocycles. The van der Waals surface area contributed by atoms with Crippen molar-refractivity contribution in [2.24, 2.45) is 5.92 Å². The highest BCUT2D eigenvalue weighted by molar-refractivity contribution is 8.01. The molecule has 2 aliphatic rings. The number of likely N-dealkylation sites (tertiary alicyclic amines) is 1. The number of aliphatic hydroxyl groups is 1. The average molecular weight is 259 g/mol. The lowest BCUT2D eigenvalue weighted by atomic mass is 9.84. The second kappa shape index (κ2) is 4.35. The van der Waals surface area contributed by atoms with Crippen LogP contribution in [0.5, 0.6) is 0 Å². The SMILES string of the molecule is CC(C)(C)OC(=O)N1CC2(C1)SCC[C@@H]2CO. The summed E-state index contributed by atoms with van der Waals surface area (Å²) < 4.78 is 5.43. The normalized spacial score (nSPS) is 27.1. The molecule has 2 aliphatic heterocycles. The lowest BCUT2D eigenvalue weighted by Crippen LogP contribution is -2.64. The summed E-state index contributed by atoms with van der Waals surface area (Å²) in [4.78, 5) is 13.6. The van der Waals surface area contributed by atoms with Crippen LogP contribution in [0, 0.1) is 5.92 Å². The lowest BCUT2D eigenvalue weighted by Gasteiger charge is -2.50. The van der Waals surface area contributed by atoms with Gasteiger partial charge in [-0.15, -0.1) is 0 Å². The number of nitrogens with zero attached hydrogens (tertiary/aromatic N) is 1. The van der Waals surface area contributed by atoms with Crippen LogP contribution in [0.4, 0.5) is 4.79 Å². The fourth-order valence-electron chi connectivity index (χ4n) is 2.45. The molecule has 98 valence electrons. The van der Waals surface area contributed by atoms with Gasteiger partial charge in [0.05, 0.1) is 4.75 Å². The Morgan fingerprint density at radius 2 is 2.18 bits per heavy atom. The Morgan fingerprint density at radius 1 is 1.53 bits per heavy atom. The van der Waals surface area contributed by atoms with E-state index in [-0.39, 0.29) is 17.4 Å². The zero-order chi connectivity index (χ0) is 12.7. The number of carbonyl (C=O) groups is 1. The van der Waals surface area contributed by atoms with E-state index in [1.165, 1.54) is 0 Å². The first kappa shape index (κ1) is 13.0. The number of ether oxygens (including phenoxy) is 1. The molecule has 0 bridgehead atoms. The maximum atomic E-state index is 11.8. The Balaban J connectivity index is 1.88. The Hall–Kier alpha value is -0.420. The summed E-state index contributed by atoms with van der Waals surface area (Å²) in [5.41, 5.74) is -0.432. The van der Waals surface area contributed by atoms with Gasteiger partial charge in [0.25, 0.3) is 0 Å². The summed E-state index contributed by atoms with van der Waals surface area (Å²) in [5, 5.41) is 9.33. The Labute approximate surface area is 107 Å². The van der Waals surface area contributed by atoms with Crippen molar-refractivity contribution in [1.82, 2.24) is 4.90 Å². The number of amides is 1. The fraction of sp³-hybridized carbons (Fsp3) is 0.917. The van der Waals surface area contributed by atoms with Gasteiger partial charge in [-0.1, -0.05) is 0 Å². The molecule has 2 rings (SSSR count). The van der Waals surface area contributed by atoms with Crippen molar-refractivity contribution in [3.8, 4) is 0 Å². The predicted octanol–water partition coefficient (Wildman–Crippen LogP) is 1.72. The molecule has 0 aromatic heterocycles. The number of thioether (sulfide) groups is 1. The number of rotatable bonds is 1. The molecule has 2 saturated heterocycles. The number of aliphatic hydroxyl groups excluding tert-OH is 1. The molecule has 0 saturated carbocycles. The maximum Gasteiger partial charge on any atom is 0.410 e. The van der Waals surface area contributed by atoms with Gasteiger partial charge < -0.3 is 14.7 Å². The number of carbonyl (C=O) groups excluding carboxylic acids is 1. The molecule has 4 nitrogen and oxygen atoms in total. The maximum absolute atomic E-state index is 11.8. The average Bonchev–Trinajstić information content (AvgIpc) is 2.55. The van der Waals surface area contributed by atoms with Crippen LogP contribution in [0.3, 0.4) is 0 Å². The largest absolute Gasteiger partial charge is 0.444 e. The van der Waals surface area contributed by atoms with Crippen molar-refractivity contribution in [3.05, 3.63) is 0 Å². The first-order valence-electron chi connectivity index (χ1n) is 6.09. The topological polar surface area (TPSA) is 49.8 Å². The minimum absolute atomic E-state index is 0.103. The Kier molecular flexibility index (Phi) is 3.34. The first-order valence-corrected chi connectivity index (χ1v) is 7.08. The molecule has 17 heavy (non-hydrogen) atoms. The molecule has 1 atom stereocenters. The minimum Gasteiger partial charge on any atom is -0.444 e.